The number of ether oxygens (including phenoxy) is 1. The molecule has 0 heterocycles. The first-order valence-corrected chi connectivity index (χ1v) is 6.54. The Bertz CT molecular complexity index is 400. The van der Waals surface area contributed by atoms with Gasteiger partial charge in [0, 0.05) is 6.04 Å². The zero-order chi connectivity index (χ0) is 12.4. The van der Waals surface area contributed by atoms with E-state index in [1.54, 1.807) is 7.11 Å². The van der Waals surface area contributed by atoms with Crippen LogP contribution in [0.1, 0.15) is 48.3 Å². The normalized spacial score (nSPS) is 24.7. The van der Waals surface area contributed by atoms with Gasteiger partial charge < -0.3 is 10.5 Å². The molecule has 0 aliphatic heterocycles. The fraction of sp³-hybridized carbons (Fsp3) is 0.600. The first-order valence-electron chi connectivity index (χ1n) is 6.54. The van der Waals surface area contributed by atoms with Crippen molar-refractivity contribution in [1.82, 2.24) is 0 Å². The summed E-state index contributed by atoms with van der Waals surface area (Å²) in [5.41, 5.74) is 10.2. The molecule has 94 valence electrons. The van der Waals surface area contributed by atoms with Gasteiger partial charge in [-0.05, 0) is 55.4 Å². The molecule has 0 bridgehead atoms. The Hall–Kier alpha value is -1.02. The summed E-state index contributed by atoms with van der Waals surface area (Å²) in [4.78, 5) is 0. The number of benzene rings is 1. The minimum atomic E-state index is 0.329. The largest absolute Gasteiger partial charge is 0.496 e. The molecule has 1 saturated carbocycles. The van der Waals surface area contributed by atoms with Crippen LogP contribution in [0.25, 0.3) is 0 Å². The van der Waals surface area contributed by atoms with Gasteiger partial charge in [0.1, 0.15) is 5.75 Å². The van der Waals surface area contributed by atoms with E-state index in [4.69, 9.17) is 10.5 Å². The highest BCUT2D eigenvalue weighted by atomic mass is 16.5. The smallest absolute Gasteiger partial charge is 0.122 e. The zero-order valence-corrected chi connectivity index (χ0v) is 11.1. The molecule has 0 radical (unpaired) electrons. The van der Waals surface area contributed by atoms with E-state index in [1.165, 1.54) is 36.0 Å². The van der Waals surface area contributed by atoms with E-state index in [0.29, 0.717) is 12.0 Å². The van der Waals surface area contributed by atoms with Gasteiger partial charge in [0.15, 0.2) is 0 Å². The molecule has 1 aliphatic carbocycles. The van der Waals surface area contributed by atoms with Crippen molar-refractivity contribution >= 4 is 0 Å². The van der Waals surface area contributed by atoms with Crippen LogP contribution in [0.5, 0.6) is 5.75 Å². The lowest BCUT2D eigenvalue weighted by Crippen LogP contribution is -2.31. The van der Waals surface area contributed by atoms with Crippen LogP contribution in [-0.4, -0.2) is 13.2 Å². The van der Waals surface area contributed by atoms with Crippen molar-refractivity contribution in [1.29, 1.82) is 0 Å². The molecule has 1 aromatic rings. The summed E-state index contributed by atoms with van der Waals surface area (Å²) < 4.78 is 5.36. The summed E-state index contributed by atoms with van der Waals surface area (Å²) in [6.45, 7) is 4.27. The summed E-state index contributed by atoms with van der Waals surface area (Å²) in [6, 6.07) is 4.74. The van der Waals surface area contributed by atoms with Crippen LogP contribution in [0.2, 0.25) is 0 Å². The Balaban J connectivity index is 2.34. The van der Waals surface area contributed by atoms with Crippen LogP contribution in [0.3, 0.4) is 0 Å². The first-order chi connectivity index (χ1) is 8.13. The van der Waals surface area contributed by atoms with Crippen LogP contribution in [0.4, 0.5) is 0 Å². The number of hydrogen-bond donors (Lipinski definition) is 1. The SMILES string of the molecule is COc1cc(C)c(C2CCCCC2N)cc1C. The molecule has 0 aromatic heterocycles. The van der Waals surface area contributed by atoms with Crippen molar-refractivity contribution in [2.24, 2.45) is 5.73 Å². The summed E-state index contributed by atoms with van der Waals surface area (Å²) >= 11 is 0. The van der Waals surface area contributed by atoms with Crippen LogP contribution in [-0.2, 0) is 0 Å². The fourth-order valence-corrected chi connectivity index (χ4v) is 2.98. The second kappa shape index (κ2) is 5.09. The Labute approximate surface area is 104 Å². The maximum absolute atomic E-state index is 6.27. The third kappa shape index (κ3) is 2.47. The Morgan fingerprint density at radius 3 is 2.47 bits per heavy atom. The molecule has 2 rings (SSSR count). The molecule has 0 saturated heterocycles. The average molecular weight is 233 g/mol. The summed E-state index contributed by atoms with van der Waals surface area (Å²) in [5.74, 6) is 1.52. The molecule has 0 amide bonds. The van der Waals surface area contributed by atoms with Crippen LogP contribution in [0.15, 0.2) is 12.1 Å². The van der Waals surface area contributed by atoms with Crippen LogP contribution in [0, 0.1) is 13.8 Å². The molecule has 1 fully saturated rings. The van der Waals surface area contributed by atoms with Gasteiger partial charge in [-0.3, -0.25) is 0 Å². The first kappa shape index (κ1) is 12.4. The molecule has 17 heavy (non-hydrogen) atoms. The van der Waals surface area contributed by atoms with Gasteiger partial charge in [0.2, 0.25) is 0 Å². The van der Waals surface area contributed by atoms with Crippen LogP contribution >= 0.6 is 0 Å². The van der Waals surface area contributed by atoms with Crippen molar-refractivity contribution in [2.75, 3.05) is 7.11 Å². The minimum Gasteiger partial charge on any atom is -0.496 e. The molecule has 2 atom stereocenters. The number of hydrogen-bond acceptors (Lipinski definition) is 2. The van der Waals surface area contributed by atoms with Gasteiger partial charge in [-0.1, -0.05) is 18.9 Å². The highest BCUT2D eigenvalue weighted by Gasteiger charge is 2.25. The highest BCUT2D eigenvalue weighted by Crippen LogP contribution is 2.36. The van der Waals surface area contributed by atoms with Crippen molar-refractivity contribution in [3.63, 3.8) is 0 Å². The van der Waals surface area contributed by atoms with E-state index in [1.807, 2.05) is 0 Å². The topological polar surface area (TPSA) is 35.2 Å². The molecular formula is C15H23NO. The number of methoxy groups -OCH3 is 1. The Morgan fingerprint density at radius 2 is 1.82 bits per heavy atom. The molecule has 0 spiro atoms. The van der Waals surface area contributed by atoms with Crippen molar-refractivity contribution in [3.05, 3.63) is 28.8 Å². The quantitative estimate of drug-likeness (QED) is 0.850. The number of aryl methyl sites for hydroxylation is 2. The average Bonchev–Trinajstić information content (AvgIpc) is 2.32. The van der Waals surface area contributed by atoms with E-state index in [9.17, 15) is 0 Å². The maximum atomic E-state index is 6.27. The van der Waals surface area contributed by atoms with Gasteiger partial charge in [0.25, 0.3) is 0 Å². The monoisotopic (exact) mass is 233 g/mol. The van der Waals surface area contributed by atoms with Crippen molar-refractivity contribution in [2.45, 2.75) is 51.5 Å². The third-order valence-corrected chi connectivity index (χ3v) is 4.00. The van der Waals surface area contributed by atoms with Gasteiger partial charge in [-0.2, -0.15) is 0 Å². The number of nitrogens with two attached hydrogens (primary N) is 1. The molecule has 1 aliphatic rings. The molecule has 2 unspecified atom stereocenters. The standard InChI is InChI=1S/C15H23NO/c1-10-9-15(17-3)11(2)8-13(10)12-6-4-5-7-14(12)16/h8-9,12,14H,4-7,16H2,1-3H3. The predicted octanol–water partition coefficient (Wildman–Crippen LogP) is 3.30. The summed E-state index contributed by atoms with van der Waals surface area (Å²) in [7, 11) is 1.73. The Kier molecular flexibility index (Phi) is 3.72. The molecule has 2 heteroatoms. The van der Waals surface area contributed by atoms with E-state index in [0.717, 1.165) is 12.2 Å². The van der Waals surface area contributed by atoms with E-state index in [2.05, 4.69) is 26.0 Å². The van der Waals surface area contributed by atoms with Gasteiger partial charge >= 0.3 is 0 Å². The van der Waals surface area contributed by atoms with E-state index < -0.39 is 0 Å². The lowest BCUT2D eigenvalue weighted by molar-refractivity contribution is 0.382. The minimum absolute atomic E-state index is 0.329. The maximum Gasteiger partial charge on any atom is 0.122 e. The van der Waals surface area contributed by atoms with Gasteiger partial charge in [-0.15, -0.1) is 0 Å². The van der Waals surface area contributed by atoms with E-state index in [-0.39, 0.29) is 0 Å². The molecule has 2 nitrogen and oxygen atoms in total. The van der Waals surface area contributed by atoms with Crippen molar-refractivity contribution in [3.8, 4) is 5.75 Å². The fourth-order valence-electron chi connectivity index (χ4n) is 2.98. The van der Waals surface area contributed by atoms with Crippen molar-refractivity contribution < 1.29 is 4.74 Å². The molecular weight excluding hydrogens is 210 g/mol. The third-order valence-electron chi connectivity index (χ3n) is 4.00. The lowest BCUT2D eigenvalue weighted by atomic mass is 9.78. The van der Waals surface area contributed by atoms with Crippen LogP contribution < -0.4 is 10.5 Å². The second-order valence-electron chi connectivity index (χ2n) is 5.23. The van der Waals surface area contributed by atoms with Gasteiger partial charge in [0.05, 0.1) is 7.11 Å². The Morgan fingerprint density at radius 1 is 1.12 bits per heavy atom. The zero-order valence-electron chi connectivity index (χ0n) is 11.1. The van der Waals surface area contributed by atoms with E-state index >= 15 is 0 Å². The van der Waals surface area contributed by atoms with Gasteiger partial charge in [-0.25, -0.2) is 0 Å². The second-order valence-corrected chi connectivity index (χ2v) is 5.23. The highest BCUT2D eigenvalue weighted by molar-refractivity contribution is 5.43. The lowest BCUT2D eigenvalue weighted by Gasteiger charge is -2.30. The summed E-state index contributed by atoms with van der Waals surface area (Å²) in [6.07, 6.45) is 4.98. The molecule has 2 N–H and O–H groups in total. The number of rotatable bonds is 2. The predicted molar refractivity (Wildman–Crippen MR) is 71.7 cm³/mol. The molecule has 1 aromatic carbocycles. The summed E-state index contributed by atoms with van der Waals surface area (Å²) in [5, 5.41) is 0.